The smallest absolute Gasteiger partial charge is 0.343 e. The highest BCUT2D eigenvalue weighted by Gasteiger charge is 2.14. The third-order valence-corrected chi connectivity index (χ3v) is 5.22. The monoisotopic (exact) mass is 450 g/mol. The van der Waals surface area contributed by atoms with E-state index >= 15 is 0 Å². The van der Waals surface area contributed by atoms with Gasteiger partial charge in [0.25, 0.3) is 0 Å². The number of para-hydroxylation sites is 1. The maximum Gasteiger partial charge on any atom is 0.343 e. The Bertz CT molecular complexity index is 1360. The number of ether oxygens (including phenoxy) is 3. The number of rotatable bonds is 7. The fourth-order valence-electron chi connectivity index (χ4n) is 3.50. The van der Waals surface area contributed by atoms with Crippen LogP contribution in [-0.2, 0) is 0 Å². The van der Waals surface area contributed by atoms with Crippen LogP contribution >= 0.6 is 0 Å². The predicted octanol–water partition coefficient (Wildman–Crippen LogP) is 5.78. The zero-order valence-electron chi connectivity index (χ0n) is 18.8. The van der Waals surface area contributed by atoms with Crippen LogP contribution in [0, 0.1) is 11.3 Å². The lowest BCUT2D eigenvalue weighted by Crippen LogP contribution is -2.09. The van der Waals surface area contributed by atoms with Crippen molar-refractivity contribution in [1.29, 1.82) is 5.26 Å². The average molecular weight is 450 g/mol. The van der Waals surface area contributed by atoms with Gasteiger partial charge in [-0.05, 0) is 72.3 Å². The van der Waals surface area contributed by atoms with Crippen molar-refractivity contribution in [3.63, 3.8) is 0 Å². The molecule has 34 heavy (non-hydrogen) atoms. The van der Waals surface area contributed by atoms with Gasteiger partial charge in [-0.2, -0.15) is 5.26 Å². The second-order valence-corrected chi connectivity index (χ2v) is 7.31. The van der Waals surface area contributed by atoms with Crippen molar-refractivity contribution in [2.24, 2.45) is 0 Å². The SMILES string of the molecule is COc1cc(/C=C(/C#N)c2ccccc2OC)ccc1OC(=O)c1ccc(-n2cccc2)cc1. The molecule has 6 nitrogen and oxygen atoms in total. The number of nitriles is 1. The molecule has 0 spiro atoms. The van der Waals surface area contributed by atoms with E-state index in [2.05, 4.69) is 6.07 Å². The molecule has 0 atom stereocenters. The first-order valence-electron chi connectivity index (χ1n) is 10.5. The molecule has 0 aliphatic heterocycles. The fraction of sp³-hybridized carbons (Fsp3) is 0.0714. The van der Waals surface area contributed by atoms with E-state index in [0.717, 1.165) is 11.3 Å². The molecule has 4 aromatic rings. The quantitative estimate of drug-likeness (QED) is 0.154. The lowest BCUT2D eigenvalue weighted by Gasteiger charge is -2.11. The summed E-state index contributed by atoms with van der Waals surface area (Å²) in [6.45, 7) is 0. The summed E-state index contributed by atoms with van der Waals surface area (Å²) in [4.78, 5) is 12.7. The molecule has 0 saturated carbocycles. The summed E-state index contributed by atoms with van der Waals surface area (Å²) < 4.78 is 18.3. The Morgan fingerprint density at radius 3 is 2.24 bits per heavy atom. The summed E-state index contributed by atoms with van der Waals surface area (Å²) in [6.07, 6.45) is 5.59. The number of allylic oxidation sites excluding steroid dienone is 1. The molecule has 6 heteroatoms. The van der Waals surface area contributed by atoms with Gasteiger partial charge in [-0.15, -0.1) is 0 Å². The molecule has 4 rings (SSSR count). The number of aromatic nitrogens is 1. The third kappa shape index (κ3) is 4.84. The number of hydrogen-bond donors (Lipinski definition) is 0. The third-order valence-electron chi connectivity index (χ3n) is 5.22. The van der Waals surface area contributed by atoms with Gasteiger partial charge in [0, 0.05) is 23.6 Å². The maximum atomic E-state index is 12.7. The van der Waals surface area contributed by atoms with Crippen LogP contribution in [0.2, 0.25) is 0 Å². The summed E-state index contributed by atoms with van der Waals surface area (Å²) in [7, 11) is 3.06. The lowest BCUT2D eigenvalue weighted by atomic mass is 10.0. The number of nitrogens with zero attached hydrogens (tertiary/aromatic N) is 2. The molecule has 0 saturated heterocycles. The fourth-order valence-corrected chi connectivity index (χ4v) is 3.50. The summed E-state index contributed by atoms with van der Waals surface area (Å²) in [5, 5.41) is 9.69. The van der Waals surface area contributed by atoms with E-state index in [0.29, 0.717) is 28.2 Å². The molecule has 0 bridgehead atoms. The van der Waals surface area contributed by atoms with Gasteiger partial charge in [0.15, 0.2) is 11.5 Å². The number of benzene rings is 3. The highest BCUT2D eigenvalue weighted by Crippen LogP contribution is 2.32. The van der Waals surface area contributed by atoms with E-state index in [1.165, 1.54) is 7.11 Å². The van der Waals surface area contributed by atoms with E-state index in [9.17, 15) is 10.1 Å². The predicted molar refractivity (Wildman–Crippen MR) is 130 cm³/mol. The van der Waals surface area contributed by atoms with Crippen LogP contribution in [0.5, 0.6) is 17.2 Å². The minimum Gasteiger partial charge on any atom is -0.496 e. The molecular weight excluding hydrogens is 428 g/mol. The van der Waals surface area contributed by atoms with Crippen LogP contribution in [-0.4, -0.2) is 24.8 Å². The Balaban J connectivity index is 1.56. The van der Waals surface area contributed by atoms with E-state index < -0.39 is 5.97 Å². The molecule has 0 amide bonds. The van der Waals surface area contributed by atoms with E-state index in [1.807, 2.05) is 59.4 Å². The van der Waals surface area contributed by atoms with Crippen molar-refractivity contribution >= 4 is 17.6 Å². The van der Waals surface area contributed by atoms with Gasteiger partial charge >= 0.3 is 5.97 Å². The van der Waals surface area contributed by atoms with Crippen molar-refractivity contribution in [2.75, 3.05) is 14.2 Å². The van der Waals surface area contributed by atoms with Crippen LogP contribution in [0.25, 0.3) is 17.3 Å². The van der Waals surface area contributed by atoms with E-state index in [-0.39, 0.29) is 5.75 Å². The highest BCUT2D eigenvalue weighted by atomic mass is 16.6. The first kappa shape index (κ1) is 22.4. The van der Waals surface area contributed by atoms with Gasteiger partial charge < -0.3 is 18.8 Å². The van der Waals surface area contributed by atoms with Crippen molar-refractivity contribution in [2.45, 2.75) is 0 Å². The van der Waals surface area contributed by atoms with Crippen molar-refractivity contribution in [3.05, 3.63) is 108 Å². The van der Waals surface area contributed by atoms with Crippen LogP contribution in [0.1, 0.15) is 21.5 Å². The Hall–Kier alpha value is -4.76. The molecule has 0 aliphatic carbocycles. The summed E-state index contributed by atoms with van der Waals surface area (Å²) in [5.74, 6) is 0.779. The Morgan fingerprint density at radius 1 is 0.853 bits per heavy atom. The second-order valence-electron chi connectivity index (χ2n) is 7.31. The van der Waals surface area contributed by atoms with Crippen molar-refractivity contribution in [3.8, 4) is 29.0 Å². The molecule has 1 aromatic heterocycles. The minimum atomic E-state index is -0.493. The molecular formula is C28H22N2O4. The van der Waals surface area contributed by atoms with Gasteiger partial charge in [0.05, 0.1) is 31.4 Å². The van der Waals surface area contributed by atoms with Crippen LogP contribution in [0.4, 0.5) is 0 Å². The van der Waals surface area contributed by atoms with Gasteiger partial charge in [-0.1, -0.05) is 18.2 Å². The summed E-state index contributed by atoms with van der Waals surface area (Å²) in [5.41, 5.74) is 3.20. The van der Waals surface area contributed by atoms with Gasteiger partial charge in [0.1, 0.15) is 5.75 Å². The molecule has 0 N–H and O–H groups in total. The molecule has 0 unspecified atom stereocenters. The number of esters is 1. The summed E-state index contributed by atoms with van der Waals surface area (Å²) >= 11 is 0. The molecule has 0 fully saturated rings. The van der Waals surface area contributed by atoms with Crippen LogP contribution in [0.15, 0.2) is 91.3 Å². The Kier molecular flexibility index (Phi) is 6.76. The van der Waals surface area contributed by atoms with Gasteiger partial charge in [-0.3, -0.25) is 0 Å². The largest absolute Gasteiger partial charge is 0.496 e. The molecule has 3 aromatic carbocycles. The zero-order valence-corrected chi connectivity index (χ0v) is 18.8. The normalized spacial score (nSPS) is 10.9. The highest BCUT2D eigenvalue weighted by molar-refractivity contribution is 5.93. The van der Waals surface area contributed by atoms with Gasteiger partial charge in [0.2, 0.25) is 0 Å². The van der Waals surface area contributed by atoms with E-state index in [4.69, 9.17) is 14.2 Å². The number of carbonyl (C=O) groups excluding carboxylic acids is 1. The number of methoxy groups -OCH3 is 2. The number of hydrogen-bond acceptors (Lipinski definition) is 5. The topological polar surface area (TPSA) is 73.5 Å². The number of carbonyl (C=O) groups is 1. The van der Waals surface area contributed by atoms with Crippen molar-refractivity contribution in [1.82, 2.24) is 4.57 Å². The Morgan fingerprint density at radius 2 is 1.56 bits per heavy atom. The molecule has 0 radical (unpaired) electrons. The first-order chi connectivity index (χ1) is 16.6. The zero-order chi connectivity index (χ0) is 23.9. The first-order valence-corrected chi connectivity index (χ1v) is 10.5. The van der Waals surface area contributed by atoms with Crippen LogP contribution < -0.4 is 14.2 Å². The second kappa shape index (κ2) is 10.2. The summed E-state index contributed by atoms with van der Waals surface area (Å²) in [6, 6.07) is 25.6. The minimum absolute atomic E-state index is 0.287. The Labute approximate surface area is 197 Å². The molecule has 168 valence electrons. The van der Waals surface area contributed by atoms with Crippen LogP contribution in [0.3, 0.4) is 0 Å². The van der Waals surface area contributed by atoms with Gasteiger partial charge in [-0.25, -0.2) is 4.79 Å². The van der Waals surface area contributed by atoms with E-state index in [1.54, 1.807) is 49.6 Å². The maximum absolute atomic E-state index is 12.7. The standard InChI is InChI=1S/C28H22N2O4/c1-32-25-8-4-3-7-24(25)22(19-29)17-20-9-14-26(27(18-20)33-2)34-28(31)21-10-12-23(13-11-21)30-15-5-6-16-30/h3-18H,1-2H3/b22-17-. The molecule has 1 heterocycles. The average Bonchev–Trinajstić information content (AvgIpc) is 3.43. The lowest BCUT2D eigenvalue weighted by molar-refractivity contribution is 0.0729. The molecule has 0 aliphatic rings. The van der Waals surface area contributed by atoms with Crippen molar-refractivity contribution < 1.29 is 19.0 Å².